The van der Waals surface area contributed by atoms with Gasteiger partial charge in [0.2, 0.25) is 0 Å². The molecule has 7 heteroatoms. The molecule has 1 unspecified atom stereocenters. The third kappa shape index (κ3) is 3.01. The topological polar surface area (TPSA) is 47.3 Å². The van der Waals surface area contributed by atoms with Crippen LogP contribution in [0, 0.1) is 5.82 Å². The van der Waals surface area contributed by atoms with Gasteiger partial charge < -0.3 is 4.74 Å². The monoisotopic (exact) mass is 320 g/mol. The third-order valence-electron chi connectivity index (χ3n) is 2.67. The lowest BCUT2D eigenvalue weighted by Gasteiger charge is -2.16. The molecular formula is C12H11Cl2FN2OS. The van der Waals surface area contributed by atoms with Gasteiger partial charge in [-0.1, -0.05) is 29.3 Å². The molecule has 1 heterocycles. The Kier molecular flexibility index (Phi) is 4.65. The highest BCUT2D eigenvalue weighted by Crippen LogP contribution is 2.37. The van der Waals surface area contributed by atoms with Gasteiger partial charge in [-0.15, -0.1) is 11.3 Å². The van der Waals surface area contributed by atoms with Gasteiger partial charge in [-0.25, -0.2) is 9.82 Å². The Hall–Kier alpha value is -0.850. The summed E-state index contributed by atoms with van der Waals surface area (Å²) >= 11 is 13.2. The summed E-state index contributed by atoms with van der Waals surface area (Å²) in [4.78, 5) is 0. The Morgan fingerprint density at radius 2 is 2.11 bits per heavy atom. The van der Waals surface area contributed by atoms with Crippen LogP contribution in [0.5, 0.6) is 5.75 Å². The lowest BCUT2D eigenvalue weighted by Crippen LogP contribution is -2.28. The summed E-state index contributed by atoms with van der Waals surface area (Å²) in [6.45, 7) is 0. The summed E-state index contributed by atoms with van der Waals surface area (Å²) in [5.74, 6) is 5.25. The van der Waals surface area contributed by atoms with Crippen LogP contribution in [0.4, 0.5) is 4.39 Å². The summed E-state index contributed by atoms with van der Waals surface area (Å²) in [7, 11) is 1.41. The quantitative estimate of drug-likeness (QED) is 0.666. The molecule has 0 aliphatic rings. The van der Waals surface area contributed by atoms with Gasteiger partial charge in [-0.05, 0) is 23.8 Å². The van der Waals surface area contributed by atoms with Crippen LogP contribution in [-0.2, 0) is 0 Å². The van der Waals surface area contributed by atoms with Gasteiger partial charge in [0.05, 0.1) is 21.8 Å². The summed E-state index contributed by atoms with van der Waals surface area (Å²) in [6, 6.07) is 5.88. The van der Waals surface area contributed by atoms with E-state index in [9.17, 15) is 4.39 Å². The fourth-order valence-electron chi connectivity index (χ4n) is 1.78. The van der Waals surface area contributed by atoms with E-state index in [1.54, 1.807) is 12.1 Å². The molecule has 0 bridgehead atoms. The van der Waals surface area contributed by atoms with Gasteiger partial charge >= 0.3 is 0 Å². The largest absolute Gasteiger partial charge is 0.494 e. The molecule has 19 heavy (non-hydrogen) atoms. The van der Waals surface area contributed by atoms with Crippen LogP contribution in [0.15, 0.2) is 24.3 Å². The maximum absolute atomic E-state index is 13.7. The van der Waals surface area contributed by atoms with Crippen molar-refractivity contribution in [2.75, 3.05) is 7.11 Å². The molecule has 0 saturated carbocycles. The van der Waals surface area contributed by atoms with Crippen molar-refractivity contribution in [3.8, 4) is 5.75 Å². The molecule has 0 saturated heterocycles. The van der Waals surface area contributed by atoms with Crippen LogP contribution >= 0.6 is 34.5 Å². The average molecular weight is 321 g/mol. The number of nitrogens with one attached hydrogen (secondary N) is 1. The van der Waals surface area contributed by atoms with Gasteiger partial charge in [0, 0.05) is 5.56 Å². The summed E-state index contributed by atoms with van der Waals surface area (Å²) < 4.78 is 19.7. The number of thiophene rings is 1. The smallest absolute Gasteiger partial charge is 0.165 e. The van der Waals surface area contributed by atoms with Crippen LogP contribution in [0.1, 0.15) is 17.2 Å². The maximum atomic E-state index is 13.7. The van der Waals surface area contributed by atoms with E-state index in [4.69, 9.17) is 33.8 Å². The summed E-state index contributed by atoms with van der Waals surface area (Å²) in [6.07, 6.45) is 0. The number of rotatable bonds is 4. The zero-order chi connectivity index (χ0) is 14.0. The number of methoxy groups -OCH3 is 1. The fraction of sp³-hybridized carbons (Fsp3) is 0.167. The molecule has 0 aliphatic carbocycles. The van der Waals surface area contributed by atoms with Crippen LogP contribution in [0.2, 0.25) is 8.67 Å². The normalized spacial score (nSPS) is 12.5. The number of ether oxygens (including phenoxy) is 1. The molecule has 102 valence electrons. The molecule has 1 aromatic carbocycles. The third-order valence-corrected chi connectivity index (χ3v) is 4.19. The molecule has 0 spiro atoms. The summed E-state index contributed by atoms with van der Waals surface area (Å²) in [5, 5.41) is 0. The second-order valence-electron chi connectivity index (χ2n) is 3.77. The van der Waals surface area contributed by atoms with Gasteiger partial charge in [-0.3, -0.25) is 5.84 Å². The van der Waals surface area contributed by atoms with Crippen molar-refractivity contribution in [3.63, 3.8) is 0 Å². The van der Waals surface area contributed by atoms with E-state index in [0.717, 1.165) is 0 Å². The predicted octanol–water partition coefficient (Wildman–Crippen LogP) is 3.76. The SMILES string of the molecule is COc1ccc(C(NN)c2cc(Cl)sc2Cl)cc1F. The molecule has 1 atom stereocenters. The van der Waals surface area contributed by atoms with Crippen LogP contribution in [-0.4, -0.2) is 7.11 Å². The number of halogens is 3. The lowest BCUT2D eigenvalue weighted by atomic mass is 10.0. The molecule has 3 nitrogen and oxygen atoms in total. The first-order chi connectivity index (χ1) is 9.06. The van der Waals surface area contributed by atoms with Gasteiger partial charge in [-0.2, -0.15) is 0 Å². The van der Waals surface area contributed by atoms with E-state index < -0.39 is 11.9 Å². The highest BCUT2D eigenvalue weighted by Gasteiger charge is 2.19. The Labute approximate surface area is 124 Å². The van der Waals surface area contributed by atoms with E-state index >= 15 is 0 Å². The maximum Gasteiger partial charge on any atom is 0.165 e. The number of benzene rings is 1. The standard InChI is InChI=1S/C12H11Cl2FN2OS/c1-18-9-3-2-6(4-8(9)15)11(17-16)7-5-10(13)19-12(7)14/h2-5,11,17H,16H2,1H3. The first kappa shape index (κ1) is 14.6. The van der Waals surface area contributed by atoms with Crippen molar-refractivity contribution in [2.24, 2.45) is 5.84 Å². The van der Waals surface area contributed by atoms with E-state index in [-0.39, 0.29) is 5.75 Å². The van der Waals surface area contributed by atoms with Crippen molar-refractivity contribution < 1.29 is 9.13 Å². The first-order valence-corrected chi connectivity index (χ1v) is 6.88. The zero-order valence-corrected chi connectivity index (χ0v) is 12.2. The Morgan fingerprint density at radius 1 is 1.37 bits per heavy atom. The minimum atomic E-state index is -0.460. The molecule has 2 rings (SSSR count). The second kappa shape index (κ2) is 6.07. The number of hydrazine groups is 1. The minimum Gasteiger partial charge on any atom is -0.494 e. The van der Waals surface area contributed by atoms with Crippen molar-refractivity contribution in [3.05, 3.63) is 49.9 Å². The van der Waals surface area contributed by atoms with E-state index in [1.807, 2.05) is 0 Å². The van der Waals surface area contributed by atoms with Crippen molar-refractivity contribution in [1.82, 2.24) is 5.43 Å². The summed E-state index contributed by atoms with van der Waals surface area (Å²) in [5.41, 5.74) is 3.96. The highest BCUT2D eigenvalue weighted by molar-refractivity contribution is 7.20. The van der Waals surface area contributed by atoms with Crippen LogP contribution in [0.3, 0.4) is 0 Å². The molecule has 2 aromatic rings. The molecule has 0 aliphatic heterocycles. The van der Waals surface area contributed by atoms with Crippen molar-refractivity contribution in [2.45, 2.75) is 6.04 Å². The molecule has 3 N–H and O–H groups in total. The Morgan fingerprint density at radius 3 is 2.58 bits per heavy atom. The van der Waals surface area contributed by atoms with Crippen LogP contribution in [0.25, 0.3) is 0 Å². The van der Waals surface area contributed by atoms with E-state index in [1.165, 1.54) is 30.6 Å². The lowest BCUT2D eigenvalue weighted by molar-refractivity contribution is 0.385. The minimum absolute atomic E-state index is 0.175. The second-order valence-corrected chi connectivity index (χ2v) is 6.06. The fourth-order valence-corrected chi connectivity index (χ4v) is 3.31. The molecule has 0 fully saturated rings. The molecule has 0 radical (unpaired) electrons. The van der Waals surface area contributed by atoms with E-state index in [0.29, 0.717) is 19.8 Å². The Bertz CT molecular complexity index is 591. The number of hydrogen-bond acceptors (Lipinski definition) is 4. The van der Waals surface area contributed by atoms with Crippen molar-refractivity contribution in [1.29, 1.82) is 0 Å². The molecular weight excluding hydrogens is 310 g/mol. The van der Waals surface area contributed by atoms with Gasteiger partial charge in [0.1, 0.15) is 0 Å². The van der Waals surface area contributed by atoms with Gasteiger partial charge in [0.15, 0.2) is 11.6 Å². The van der Waals surface area contributed by atoms with Gasteiger partial charge in [0.25, 0.3) is 0 Å². The predicted molar refractivity (Wildman–Crippen MR) is 76.5 cm³/mol. The molecule has 0 amide bonds. The van der Waals surface area contributed by atoms with Crippen LogP contribution < -0.4 is 16.0 Å². The van der Waals surface area contributed by atoms with E-state index in [2.05, 4.69) is 5.43 Å². The zero-order valence-electron chi connectivity index (χ0n) is 9.91. The molecule has 1 aromatic heterocycles. The number of nitrogens with two attached hydrogens (primary N) is 1. The average Bonchev–Trinajstić information content (AvgIpc) is 2.70. The van der Waals surface area contributed by atoms with Crippen molar-refractivity contribution >= 4 is 34.5 Å². The highest BCUT2D eigenvalue weighted by atomic mass is 35.5. The first-order valence-electron chi connectivity index (χ1n) is 5.31. The number of hydrogen-bond donors (Lipinski definition) is 2. The Balaban J connectivity index is 2.42.